The third-order valence-corrected chi connectivity index (χ3v) is 14.5. The van der Waals surface area contributed by atoms with Crippen molar-refractivity contribution in [3.05, 3.63) is 157 Å². The van der Waals surface area contributed by atoms with E-state index in [9.17, 15) is 9.59 Å². The fourth-order valence-corrected chi connectivity index (χ4v) is 10.3. The normalized spacial score (nSPS) is 11.2. The maximum atomic E-state index is 13.1. The summed E-state index contributed by atoms with van der Waals surface area (Å²) in [7, 11) is 0. The van der Waals surface area contributed by atoms with Crippen molar-refractivity contribution in [2.75, 3.05) is 13.2 Å². The van der Waals surface area contributed by atoms with Crippen LogP contribution >= 0.6 is 11.3 Å². The van der Waals surface area contributed by atoms with Crippen molar-refractivity contribution in [2.45, 2.75) is 142 Å². The van der Waals surface area contributed by atoms with Gasteiger partial charge < -0.3 is 18.9 Å². The van der Waals surface area contributed by atoms with E-state index < -0.39 is 11.9 Å². The lowest BCUT2D eigenvalue weighted by Crippen LogP contribution is -2.08. The molecule has 6 aromatic carbocycles. The summed E-state index contributed by atoms with van der Waals surface area (Å²) in [6.07, 6.45) is 25.8. The minimum atomic E-state index is -0.400. The Bertz CT molecular complexity index is 2630. The van der Waals surface area contributed by atoms with Gasteiger partial charge in [-0.2, -0.15) is 0 Å². The third kappa shape index (κ3) is 16.7. The van der Waals surface area contributed by atoms with Crippen molar-refractivity contribution in [1.82, 2.24) is 0 Å². The van der Waals surface area contributed by atoms with Crippen molar-refractivity contribution in [3.8, 4) is 55.0 Å². The number of unbranched alkanes of at least 4 members (excludes halogenated alkanes) is 18. The van der Waals surface area contributed by atoms with Crippen molar-refractivity contribution < 1.29 is 28.5 Å². The van der Waals surface area contributed by atoms with E-state index in [4.69, 9.17) is 18.9 Å². The summed E-state index contributed by atoms with van der Waals surface area (Å²) in [4.78, 5) is 28.4. The van der Waals surface area contributed by atoms with Crippen LogP contribution in [0.3, 0.4) is 0 Å². The zero-order valence-corrected chi connectivity index (χ0v) is 43.1. The first-order chi connectivity index (χ1) is 35.0. The molecule has 372 valence electrons. The fraction of sp³-hybridized carbons (Fsp3) is 0.375. The second-order valence-corrected chi connectivity index (χ2v) is 19.8. The van der Waals surface area contributed by atoms with E-state index in [0.717, 1.165) is 51.5 Å². The Morgan fingerprint density at radius 2 is 0.634 bits per heavy atom. The average molecular weight is 971 g/mol. The smallest absolute Gasteiger partial charge is 0.343 e. The number of thiophene rings is 1. The monoisotopic (exact) mass is 971 g/mol. The average Bonchev–Trinajstić information content (AvgIpc) is 3.80. The Hall–Kier alpha value is -6.18. The van der Waals surface area contributed by atoms with Gasteiger partial charge in [0.25, 0.3) is 0 Å². The number of ether oxygens (including phenoxy) is 4. The maximum Gasteiger partial charge on any atom is 0.343 e. The molecule has 0 unspecified atom stereocenters. The Kier molecular flexibility index (Phi) is 21.7. The molecule has 7 aromatic rings. The van der Waals surface area contributed by atoms with Crippen LogP contribution < -0.4 is 18.9 Å². The van der Waals surface area contributed by atoms with Gasteiger partial charge in [0, 0.05) is 20.5 Å². The Morgan fingerprint density at radius 1 is 0.338 bits per heavy atom. The molecule has 0 spiro atoms. The van der Waals surface area contributed by atoms with Crippen molar-refractivity contribution in [2.24, 2.45) is 0 Å². The predicted octanol–water partition coefficient (Wildman–Crippen LogP) is 18.9. The number of hydrogen-bond acceptors (Lipinski definition) is 7. The molecular formula is C64H74O6S. The van der Waals surface area contributed by atoms with E-state index in [1.54, 1.807) is 35.6 Å². The molecule has 0 saturated carbocycles. The second kappa shape index (κ2) is 29.2. The van der Waals surface area contributed by atoms with Crippen LogP contribution in [0.2, 0.25) is 0 Å². The number of benzene rings is 6. The maximum absolute atomic E-state index is 13.1. The zero-order chi connectivity index (χ0) is 49.3. The highest BCUT2D eigenvalue weighted by Crippen LogP contribution is 2.44. The van der Waals surface area contributed by atoms with E-state index in [1.807, 2.05) is 72.8 Å². The number of rotatable bonds is 31. The molecular weight excluding hydrogens is 897 g/mol. The molecule has 0 aliphatic carbocycles. The SMILES string of the molecule is CCCCCCCCCCCCOc1ccc(C(=O)Oc2ccc(-c3ccc(-c4sc(-c5ccc(OC(=O)c6ccc(OCCCCCCCCCCCC)cc6)cc5)c5ccccc45)cc3)cc2)cc1. The molecule has 6 nitrogen and oxygen atoms in total. The first kappa shape index (κ1) is 52.6. The summed E-state index contributed by atoms with van der Waals surface area (Å²) in [5, 5.41) is 2.36. The number of carbonyl (C=O) groups is 2. The molecule has 0 fully saturated rings. The number of esters is 2. The van der Waals surface area contributed by atoms with Gasteiger partial charge in [0.15, 0.2) is 0 Å². The largest absolute Gasteiger partial charge is 0.494 e. The molecule has 0 amide bonds. The molecule has 0 aliphatic rings. The van der Waals surface area contributed by atoms with Crippen LogP contribution in [-0.4, -0.2) is 25.2 Å². The summed E-state index contributed by atoms with van der Waals surface area (Å²) in [6, 6.07) is 46.9. The quantitative estimate of drug-likeness (QED) is 0.0245. The highest BCUT2D eigenvalue weighted by Gasteiger charge is 2.16. The highest BCUT2D eigenvalue weighted by molar-refractivity contribution is 7.21. The predicted molar refractivity (Wildman–Crippen MR) is 296 cm³/mol. The van der Waals surface area contributed by atoms with Gasteiger partial charge in [-0.1, -0.05) is 190 Å². The standard InChI is InChI=1S/C64H74O6S/c1-3-5-7-9-11-13-15-17-19-23-47-67-55-39-35-53(36-40-55)63(65)69-57-43-31-50(32-44-57)49-27-29-51(30-28-49)61-59-25-21-22-26-60(59)62(71-61)52-33-45-58(46-34-52)70-64(66)54-37-41-56(42-38-54)68-48-24-20-18-16-14-12-10-8-6-4-2/h21-22,25-46H,3-20,23-24,47-48H2,1-2H3. The van der Waals surface area contributed by atoms with Crippen LogP contribution in [0.5, 0.6) is 23.0 Å². The van der Waals surface area contributed by atoms with Gasteiger partial charge in [0.2, 0.25) is 0 Å². The van der Waals surface area contributed by atoms with Gasteiger partial charge in [0.05, 0.1) is 24.3 Å². The van der Waals surface area contributed by atoms with Crippen LogP contribution in [0.1, 0.15) is 163 Å². The van der Waals surface area contributed by atoms with E-state index in [2.05, 4.69) is 62.4 Å². The highest BCUT2D eigenvalue weighted by atomic mass is 32.1. The van der Waals surface area contributed by atoms with Crippen LogP contribution in [0.25, 0.3) is 42.8 Å². The van der Waals surface area contributed by atoms with Gasteiger partial charge in [-0.15, -0.1) is 11.3 Å². The van der Waals surface area contributed by atoms with E-state index in [0.29, 0.717) is 35.8 Å². The molecule has 7 rings (SSSR count). The number of fused-ring (bicyclic) bond motifs is 1. The summed E-state index contributed by atoms with van der Waals surface area (Å²) in [6.45, 7) is 5.90. The molecule has 7 heteroatoms. The van der Waals surface area contributed by atoms with Crippen LogP contribution in [0.4, 0.5) is 0 Å². The molecule has 0 atom stereocenters. The molecule has 1 heterocycles. The molecule has 0 aliphatic heterocycles. The van der Waals surface area contributed by atoms with Crippen LogP contribution in [0, 0.1) is 0 Å². The van der Waals surface area contributed by atoms with Gasteiger partial charge in [-0.05, 0) is 120 Å². The Balaban J connectivity index is 0.857. The molecule has 0 bridgehead atoms. The van der Waals surface area contributed by atoms with E-state index in [1.165, 1.54) is 131 Å². The van der Waals surface area contributed by atoms with Crippen molar-refractivity contribution in [3.63, 3.8) is 0 Å². The third-order valence-electron chi connectivity index (χ3n) is 13.2. The first-order valence-electron chi connectivity index (χ1n) is 26.7. The van der Waals surface area contributed by atoms with E-state index in [-0.39, 0.29) is 0 Å². The van der Waals surface area contributed by atoms with Crippen molar-refractivity contribution >= 4 is 34.0 Å². The topological polar surface area (TPSA) is 71.1 Å². The zero-order valence-electron chi connectivity index (χ0n) is 42.3. The summed E-state index contributed by atoms with van der Waals surface area (Å²) >= 11 is 1.75. The number of hydrogen-bond donors (Lipinski definition) is 0. The van der Waals surface area contributed by atoms with Crippen molar-refractivity contribution in [1.29, 1.82) is 0 Å². The first-order valence-corrected chi connectivity index (χ1v) is 27.5. The van der Waals surface area contributed by atoms with Crippen LogP contribution in [0.15, 0.2) is 146 Å². The van der Waals surface area contributed by atoms with Gasteiger partial charge in [0.1, 0.15) is 23.0 Å². The molecule has 1 aromatic heterocycles. The molecule has 0 radical (unpaired) electrons. The Morgan fingerprint density at radius 3 is 1.00 bits per heavy atom. The summed E-state index contributed by atoms with van der Waals surface area (Å²) in [5.41, 5.74) is 5.24. The summed E-state index contributed by atoms with van der Waals surface area (Å²) < 4.78 is 23.4. The number of carbonyl (C=O) groups excluding carboxylic acids is 2. The van der Waals surface area contributed by atoms with E-state index >= 15 is 0 Å². The lowest BCUT2D eigenvalue weighted by molar-refractivity contribution is 0.0725. The van der Waals surface area contributed by atoms with Gasteiger partial charge in [-0.3, -0.25) is 0 Å². The molecule has 0 N–H and O–H groups in total. The van der Waals surface area contributed by atoms with Gasteiger partial charge >= 0.3 is 11.9 Å². The summed E-state index contributed by atoms with van der Waals surface area (Å²) in [5.74, 6) is 1.72. The fourth-order valence-electron chi connectivity index (χ4n) is 8.99. The lowest BCUT2D eigenvalue weighted by atomic mass is 10.0. The minimum absolute atomic E-state index is 0.400. The molecule has 0 saturated heterocycles. The Labute approximate surface area is 427 Å². The van der Waals surface area contributed by atoms with Gasteiger partial charge in [-0.25, -0.2) is 9.59 Å². The second-order valence-electron chi connectivity index (χ2n) is 18.8. The van der Waals surface area contributed by atoms with Crippen LogP contribution in [-0.2, 0) is 0 Å². The minimum Gasteiger partial charge on any atom is -0.494 e. The molecule has 71 heavy (non-hydrogen) atoms. The lowest BCUT2D eigenvalue weighted by Gasteiger charge is -2.09.